The van der Waals surface area contributed by atoms with Gasteiger partial charge in [-0.1, -0.05) is 30.0 Å². The topological polar surface area (TPSA) is 12.0 Å². The quantitative estimate of drug-likeness (QED) is 0.892. The molecule has 0 spiro atoms. The maximum Gasteiger partial charge on any atom is 0.137 e. The Hall–Kier alpha value is -1.32. The Morgan fingerprint density at radius 1 is 1.05 bits per heavy atom. The molecular weight excluding hydrogens is 257 g/mol. The number of halogens is 1. The van der Waals surface area contributed by atoms with Crippen LogP contribution >= 0.6 is 11.8 Å². The van der Waals surface area contributed by atoms with Gasteiger partial charge in [0.2, 0.25) is 0 Å². The lowest BCUT2D eigenvalue weighted by atomic mass is 10.2. The fourth-order valence-electron chi connectivity index (χ4n) is 1.88. The van der Waals surface area contributed by atoms with Gasteiger partial charge in [-0.15, -0.1) is 0 Å². The van der Waals surface area contributed by atoms with E-state index in [4.69, 9.17) is 0 Å². The molecular formula is C16H18FNS. The van der Waals surface area contributed by atoms with Crippen LogP contribution in [0.2, 0.25) is 0 Å². The zero-order valence-corrected chi connectivity index (χ0v) is 12.3. The van der Waals surface area contributed by atoms with Crippen LogP contribution in [0.5, 0.6) is 0 Å². The van der Waals surface area contributed by atoms with E-state index in [-0.39, 0.29) is 5.82 Å². The van der Waals surface area contributed by atoms with E-state index in [0.29, 0.717) is 11.4 Å². The van der Waals surface area contributed by atoms with Crippen molar-refractivity contribution in [3.63, 3.8) is 0 Å². The molecule has 2 aromatic rings. The summed E-state index contributed by atoms with van der Waals surface area (Å²) in [5.74, 6) is -0.154. The summed E-state index contributed by atoms with van der Waals surface area (Å²) in [6.45, 7) is 4.79. The van der Waals surface area contributed by atoms with Crippen molar-refractivity contribution in [2.24, 2.45) is 0 Å². The standard InChI is InChI=1S/C16H18FNS/c1-11-4-5-12(2)16(8-11)19-15-7-6-13(10-18-3)9-14(15)17/h4-9,18H,10H2,1-3H3. The van der Waals surface area contributed by atoms with Gasteiger partial charge in [0, 0.05) is 16.3 Å². The molecule has 0 unspecified atom stereocenters. The summed E-state index contributed by atoms with van der Waals surface area (Å²) in [7, 11) is 1.86. The lowest BCUT2D eigenvalue weighted by Crippen LogP contribution is -2.05. The molecule has 0 heterocycles. The Morgan fingerprint density at radius 2 is 1.84 bits per heavy atom. The number of hydrogen-bond acceptors (Lipinski definition) is 2. The largest absolute Gasteiger partial charge is 0.316 e. The molecule has 0 radical (unpaired) electrons. The first-order chi connectivity index (χ1) is 9.10. The zero-order valence-electron chi connectivity index (χ0n) is 11.5. The molecule has 19 heavy (non-hydrogen) atoms. The predicted octanol–water partition coefficient (Wildman–Crippen LogP) is 4.31. The molecule has 0 aromatic heterocycles. The van der Waals surface area contributed by atoms with Crippen LogP contribution in [-0.2, 0) is 6.54 Å². The molecule has 0 aliphatic rings. The minimum Gasteiger partial charge on any atom is -0.316 e. The van der Waals surface area contributed by atoms with E-state index >= 15 is 0 Å². The summed E-state index contributed by atoms with van der Waals surface area (Å²) in [5.41, 5.74) is 3.33. The second kappa shape index (κ2) is 6.22. The van der Waals surface area contributed by atoms with Crippen molar-refractivity contribution in [3.05, 3.63) is 58.9 Å². The molecule has 0 fully saturated rings. The maximum absolute atomic E-state index is 14.0. The maximum atomic E-state index is 14.0. The molecule has 1 N–H and O–H groups in total. The summed E-state index contributed by atoms with van der Waals surface area (Å²) < 4.78 is 14.0. The van der Waals surface area contributed by atoms with Crippen LogP contribution in [0.3, 0.4) is 0 Å². The van der Waals surface area contributed by atoms with Crippen molar-refractivity contribution >= 4 is 11.8 Å². The summed E-state index contributed by atoms with van der Waals surface area (Å²) in [5, 5.41) is 3.02. The van der Waals surface area contributed by atoms with Crippen molar-refractivity contribution in [2.45, 2.75) is 30.2 Å². The van der Waals surface area contributed by atoms with Gasteiger partial charge in [0.15, 0.2) is 0 Å². The van der Waals surface area contributed by atoms with Gasteiger partial charge in [-0.3, -0.25) is 0 Å². The Labute approximate surface area is 118 Å². The second-order valence-electron chi connectivity index (χ2n) is 4.67. The molecule has 100 valence electrons. The summed E-state index contributed by atoms with van der Waals surface area (Å²) in [6, 6.07) is 11.7. The van der Waals surface area contributed by atoms with Crippen LogP contribution in [0.1, 0.15) is 16.7 Å². The number of nitrogens with one attached hydrogen (secondary N) is 1. The number of rotatable bonds is 4. The van der Waals surface area contributed by atoms with Crippen molar-refractivity contribution in [1.29, 1.82) is 0 Å². The van der Waals surface area contributed by atoms with E-state index in [1.807, 2.05) is 19.2 Å². The molecule has 0 aliphatic heterocycles. The molecule has 1 nitrogen and oxygen atoms in total. The molecule has 0 amide bonds. The Balaban J connectivity index is 2.25. The van der Waals surface area contributed by atoms with Gasteiger partial charge in [-0.05, 0) is 55.8 Å². The fraction of sp³-hybridized carbons (Fsp3) is 0.250. The fourth-order valence-corrected chi connectivity index (χ4v) is 2.88. The van der Waals surface area contributed by atoms with Crippen LogP contribution < -0.4 is 5.32 Å². The monoisotopic (exact) mass is 275 g/mol. The third kappa shape index (κ3) is 3.58. The first kappa shape index (κ1) is 14.1. The van der Waals surface area contributed by atoms with E-state index in [2.05, 4.69) is 37.4 Å². The molecule has 3 heteroatoms. The van der Waals surface area contributed by atoms with E-state index in [1.165, 1.54) is 22.9 Å². The third-order valence-electron chi connectivity index (χ3n) is 2.94. The highest BCUT2D eigenvalue weighted by Gasteiger charge is 2.07. The average molecular weight is 275 g/mol. The van der Waals surface area contributed by atoms with Gasteiger partial charge in [0.25, 0.3) is 0 Å². The minimum absolute atomic E-state index is 0.154. The van der Waals surface area contributed by atoms with E-state index in [1.54, 1.807) is 6.07 Å². The lowest BCUT2D eigenvalue weighted by Gasteiger charge is -2.09. The Kier molecular flexibility index (Phi) is 4.61. The minimum atomic E-state index is -0.154. The highest BCUT2D eigenvalue weighted by atomic mass is 32.2. The van der Waals surface area contributed by atoms with Gasteiger partial charge in [-0.2, -0.15) is 0 Å². The normalized spacial score (nSPS) is 10.7. The van der Waals surface area contributed by atoms with E-state index in [0.717, 1.165) is 10.5 Å². The second-order valence-corrected chi connectivity index (χ2v) is 5.75. The van der Waals surface area contributed by atoms with Gasteiger partial charge < -0.3 is 5.32 Å². The molecule has 0 aliphatic carbocycles. The lowest BCUT2D eigenvalue weighted by molar-refractivity contribution is 0.598. The van der Waals surface area contributed by atoms with Crippen molar-refractivity contribution in [1.82, 2.24) is 5.32 Å². The number of hydrogen-bond donors (Lipinski definition) is 1. The van der Waals surface area contributed by atoms with Gasteiger partial charge in [0.05, 0.1) is 0 Å². The highest BCUT2D eigenvalue weighted by molar-refractivity contribution is 7.99. The highest BCUT2D eigenvalue weighted by Crippen LogP contribution is 2.32. The Bertz CT molecular complexity index is 581. The van der Waals surface area contributed by atoms with Crippen molar-refractivity contribution < 1.29 is 4.39 Å². The van der Waals surface area contributed by atoms with Gasteiger partial charge >= 0.3 is 0 Å². The first-order valence-corrected chi connectivity index (χ1v) is 7.10. The Morgan fingerprint density at radius 3 is 2.53 bits per heavy atom. The molecule has 0 atom stereocenters. The summed E-state index contributed by atoms with van der Waals surface area (Å²) in [4.78, 5) is 1.79. The molecule has 2 rings (SSSR count). The molecule has 0 saturated carbocycles. The van der Waals surface area contributed by atoms with Crippen LogP contribution in [0, 0.1) is 19.7 Å². The number of benzene rings is 2. The van der Waals surface area contributed by atoms with Crippen LogP contribution in [0.25, 0.3) is 0 Å². The summed E-state index contributed by atoms with van der Waals surface area (Å²) >= 11 is 1.49. The summed E-state index contributed by atoms with van der Waals surface area (Å²) in [6.07, 6.45) is 0. The average Bonchev–Trinajstić information content (AvgIpc) is 2.37. The van der Waals surface area contributed by atoms with Crippen LogP contribution in [0.15, 0.2) is 46.2 Å². The van der Waals surface area contributed by atoms with Gasteiger partial charge in [0.1, 0.15) is 5.82 Å². The van der Waals surface area contributed by atoms with Gasteiger partial charge in [-0.25, -0.2) is 4.39 Å². The van der Waals surface area contributed by atoms with Crippen LogP contribution in [-0.4, -0.2) is 7.05 Å². The molecule has 0 bridgehead atoms. The van der Waals surface area contributed by atoms with Crippen molar-refractivity contribution in [2.75, 3.05) is 7.05 Å². The van der Waals surface area contributed by atoms with Crippen LogP contribution in [0.4, 0.5) is 4.39 Å². The number of aryl methyl sites for hydroxylation is 2. The van der Waals surface area contributed by atoms with E-state index in [9.17, 15) is 4.39 Å². The molecule has 2 aromatic carbocycles. The van der Waals surface area contributed by atoms with Crippen molar-refractivity contribution in [3.8, 4) is 0 Å². The first-order valence-electron chi connectivity index (χ1n) is 6.28. The zero-order chi connectivity index (χ0) is 13.8. The third-order valence-corrected chi connectivity index (χ3v) is 4.15. The smallest absolute Gasteiger partial charge is 0.137 e. The SMILES string of the molecule is CNCc1ccc(Sc2cc(C)ccc2C)c(F)c1. The molecule has 0 saturated heterocycles. The predicted molar refractivity (Wildman–Crippen MR) is 79.2 cm³/mol. The van der Waals surface area contributed by atoms with E-state index < -0.39 is 0 Å².